The van der Waals surface area contributed by atoms with Gasteiger partial charge in [-0.05, 0) is 31.7 Å². The second-order valence-corrected chi connectivity index (χ2v) is 5.11. The Morgan fingerprint density at radius 3 is 2.47 bits per heavy atom. The standard InChI is InChI=1S/C17H28O2/c1-4-7-8-11-14(10-5-2)15-12-9-13-16(18)17(15)19-6-3/h9,12-14,18H,4-8,10-11H2,1-3H3. The van der Waals surface area contributed by atoms with Gasteiger partial charge in [0.2, 0.25) is 0 Å². The highest BCUT2D eigenvalue weighted by Gasteiger charge is 2.17. The molecule has 0 spiro atoms. The molecule has 1 N–H and O–H groups in total. The van der Waals surface area contributed by atoms with Crippen LogP contribution in [0.25, 0.3) is 0 Å². The third-order valence-corrected chi connectivity index (χ3v) is 3.55. The lowest BCUT2D eigenvalue weighted by atomic mass is 9.88. The van der Waals surface area contributed by atoms with Gasteiger partial charge >= 0.3 is 0 Å². The smallest absolute Gasteiger partial charge is 0.164 e. The Kier molecular flexibility index (Phi) is 7.39. The summed E-state index contributed by atoms with van der Waals surface area (Å²) < 4.78 is 5.65. The molecule has 0 fully saturated rings. The number of phenols is 1. The maximum Gasteiger partial charge on any atom is 0.164 e. The van der Waals surface area contributed by atoms with Gasteiger partial charge in [-0.2, -0.15) is 0 Å². The molecule has 108 valence electrons. The molecule has 0 amide bonds. The number of rotatable bonds is 9. The summed E-state index contributed by atoms with van der Waals surface area (Å²) in [4.78, 5) is 0. The van der Waals surface area contributed by atoms with Gasteiger partial charge in [-0.25, -0.2) is 0 Å². The molecule has 1 aromatic carbocycles. The molecule has 0 aliphatic heterocycles. The number of hydrogen-bond acceptors (Lipinski definition) is 2. The summed E-state index contributed by atoms with van der Waals surface area (Å²) >= 11 is 0. The average molecular weight is 264 g/mol. The first kappa shape index (κ1) is 15.9. The Labute approximate surface area is 117 Å². The predicted molar refractivity (Wildman–Crippen MR) is 81.1 cm³/mol. The first-order chi connectivity index (χ1) is 9.24. The molecule has 1 aromatic rings. The lowest BCUT2D eigenvalue weighted by Crippen LogP contribution is -2.04. The molecule has 0 aliphatic rings. The summed E-state index contributed by atoms with van der Waals surface area (Å²) in [5, 5.41) is 9.99. The van der Waals surface area contributed by atoms with Crippen molar-refractivity contribution in [2.24, 2.45) is 0 Å². The molecule has 0 aliphatic carbocycles. The van der Waals surface area contributed by atoms with Crippen LogP contribution in [0.5, 0.6) is 11.5 Å². The number of unbranched alkanes of at least 4 members (excludes halogenated alkanes) is 2. The predicted octanol–water partition coefficient (Wildman–Crippen LogP) is 5.25. The van der Waals surface area contributed by atoms with Crippen LogP contribution in [-0.2, 0) is 0 Å². The van der Waals surface area contributed by atoms with E-state index in [1.54, 1.807) is 6.07 Å². The molecule has 0 heterocycles. The van der Waals surface area contributed by atoms with Crippen LogP contribution in [-0.4, -0.2) is 11.7 Å². The van der Waals surface area contributed by atoms with Crippen molar-refractivity contribution < 1.29 is 9.84 Å². The molecular weight excluding hydrogens is 236 g/mol. The molecule has 0 aromatic heterocycles. The quantitative estimate of drug-likeness (QED) is 0.617. The van der Waals surface area contributed by atoms with Crippen molar-refractivity contribution in [1.29, 1.82) is 0 Å². The topological polar surface area (TPSA) is 29.5 Å². The summed E-state index contributed by atoms with van der Waals surface area (Å²) in [6.45, 7) is 7.01. The summed E-state index contributed by atoms with van der Waals surface area (Å²) in [6.07, 6.45) is 7.29. The Morgan fingerprint density at radius 2 is 1.84 bits per heavy atom. The van der Waals surface area contributed by atoms with Crippen LogP contribution < -0.4 is 4.74 Å². The van der Waals surface area contributed by atoms with Gasteiger partial charge in [0.25, 0.3) is 0 Å². The van der Waals surface area contributed by atoms with E-state index >= 15 is 0 Å². The molecule has 0 radical (unpaired) electrons. The zero-order valence-electron chi connectivity index (χ0n) is 12.6. The van der Waals surface area contributed by atoms with E-state index in [2.05, 4.69) is 19.9 Å². The van der Waals surface area contributed by atoms with Crippen molar-refractivity contribution in [3.05, 3.63) is 23.8 Å². The largest absolute Gasteiger partial charge is 0.504 e. The van der Waals surface area contributed by atoms with E-state index in [0.717, 1.165) is 12.8 Å². The molecule has 2 nitrogen and oxygen atoms in total. The first-order valence-corrected chi connectivity index (χ1v) is 7.69. The van der Waals surface area contributed by atoms with Gasteiger partial charge in [0.1, 0.15) is 0 Å². The van der Waals surface area contributed by atoms with Crippen molar-refractivity contribution >= 4 is 0 Å². The molecule has 0 saturated heterocycles. The molecule has 1 unspecified atom stereocenters. The highest BCUT2D eigenvalue weighted by molar-refractivity contribution is 5.47. The third kappa shape index (κ3) is 4.77. The van der Waals surface area contributed by atoms with Crippen LogP contribution in [0.1, 0.15) is 70.8 Å². The second-order valence-electron chi connectivity index (χ2n) is 5.11. The van der Waals surface area contributed by atoms with Gasteiger partial charge < -0.3 is 9.84 Å². The van der Waals surface area contributed by atoms with Crippen LogP contribution in [0.3, 0.4) is 0 Å². The SMILES string of the molecule is CCCCCC(CCC)c1cccc(O)c1OCC. The maximum absolute atomic E-state index is 9.99. The van der Waals surface area contributed by atoms with E-state index in [-0.39, 0.29) is 5.75 Å². The number of ether oxygens (including phenoxy) is 1. The van der Waals surface area contributed by atoms with Gasteiger partial charge in [-0.1, -0.05) is 51.7 Å². The van der Waals surface area contributed by atoms with Crippen LogP contribution >= 0.6 is 0 Å². The first-order valence-electron chi connectivity index (χ1n) is 7.69. The van der Waals surface area contributed by atoms with Crippen molar-refractivity contribution in [2.45, 2.75) is 65.2 Å². The Bertz CT molecular complexity index is 360. The number of hydrogen-bond donors (Lipinski definition) is 1. The van der Waals surface area contributed by atoms with E-state index in [1.807, 2.05) is 13.0 Å². The summed E-state index contributed by atoms with van der Waals surface area (Å²) in [5.74, 6) is 1.47. The number of benzene rings is 1. The molecule has 1 atom stereocenters. The zero-order valence-corrected chi connectivity index (χ0v) is 12.6. The Morgan fingerprint density at radius 1 is 1.05 bits per heavy atom. The fourth-order valence-corrected chi connectivity index (χ4v) is 2.61. The van der Waals surface area contributed by atoms with E-state index in [4.69, 9.17) is 4.74 Å². The van der Waals surface area contributed by atoms with Gasteiger partial charge in [0.15, 0.2) is 11.5 Å². The average Bonchev–Trinajstić information content (AvgIpc) is 2.41. The zero-order chi connectivity index (χ0) is 14.1. The highest BCUT2D eigenvalue weighted by atomic mass is 16.5. The molecule has 0 bridgehead atoms. The lowest BCUT2D eigenvalue weighted by molar-refractivity contribution is 0.310. The van der Waals surface area contributed by atoms with Crippen molar-refractivity contribution in [3.8, 4) is 11.5 Å². The van der Waals surface area contributed by atoms with Gasteiger partial charge in [0, 0.05) is 5.56 Å². The number of para-hydroxylation sites is 1. The summed E-state index contributed by atoms with van der Waals surface area (Å²) in [6, 6.07) is 5.75. The number of aromatic hydroxyl groups is 1. The minimum atomic E-state index is 0.274. The fourth-order valence-electron chi connectivity index (χ4n) is 2.61. The van der Waals surface area contributed by atoms with Crippen LogP contribution in [0.4, 0.5) is 0 Å². The van der Waals surface area contributed by atoms with Gasteiger partial charge in [0.05, 0.1) is 6.61 Å². The molecule has 0 saturated carbocycles. The fraction of sp³-hybridized carbons (Fsp3) is 0.647. The number of phenolic OH excluding ortho intramolecular Hbond substituents is 1. The second kappa shape index (κ2) is 8.84. The van der Waals surface area contributed by atoms with E-state index in [9.17, 15) is 5.11 Å². The maximum atomic E-state index is 9.99. The molecular formula is C17H28O2. The van der Waals surface area contributed by atoms with Crippen LogP contribution in [0, 0.1) is 0 Å². The minimum Gasteiger partial charge on any atom is -0.504 e. The summed E-state index contributed by atoms with van der Waals surface area (Å²) in [5.41, 5.74) is 1.18. The molecule has 19 heavy (non-hydrogen) atoms. The van der Waals surface area contributed by atoms with Crippen LogP contribution in [0.2, 0.25) is 0 Å². The lowest BCUT2D eigenvalue weighted by Gasteiger charge is -2.20. The Hall–Kier alpha value is -1.18. The van der Waals surface area contributed by atoms with E-state index < -0.39 is 0 Å². The highest BCUT2D eigenvalue weighted by Crippen LogP contribution is 2.39. The third-order valence-electron chi connectivity index (χ3n) is 3.55. The van der Waals surface area contributed by atoms with Gasteiger partial charge in [-0.15, -0.1) is 0 Å². The molecule has 2 heteroatoms. The van der Waals surface area contributed by atoms with Crippen LogP contribution in [0.15, 0.2) is 18.2 Å². The van der Waals surface area contributed by atoms with E-state index in [1.165, 1.54) is 31.2 Å². The van der Waals surface area contributed by atoms with Crippen molar-refractivity contribution in [3.63, 3.8) is 0 Å². The molecule has 1 rings (SSSR count). The minimum absolute atomic E-state index is 0.274. The van der Waals surface area contributed by atoms with Crippen molar-refractivity contribution in [1.82, 2.24) is 0 Å². The van der Waals surface area contributed by atoms with Gasteiger partial charge in [-0.3, -0.25) is 0 Å². The normalized spacial score (nSPS) is 12.4. The monoisotopic (exact) mass is 264 g/mol. The van der Waals surface area contributed by atoms with Crippen molar-refractivity contribution in [2.75, 3.05) is 6.61 Å². The van der Waals surface area contributed by atoms with E-state index in [0.29, 0.717) is 18.3 Å². The Balaban J connectivity index is 2.90. The summed E-state index contributed by atoms with van der Waals surface area (Å²) in [7, 11) is 0.